The predicted molar refractivity (Wildman–Crippen MR) is 150 cm³/mol. The van der Waals surface area contributed by atoms with Crippen LogP contribution in [0.2, 0.25) is 10.0 Å². The van der Waals surface area contributed by atoms with E-state index >= 15 is 0 Å². The average molecular weight is 561 g/mol. The molecule has 3 aromatic carbocycles. The molecule has 0 aromatic heterocycles. The summed E-state index contributed by atoms with van der Waals surface area (Å²) >= 11 is 12.3. The molecule has 1 aliphatic rings. The molecule has 1 N–H and O–H groups in total. The number of amides is 1. The van der Waals surface area contributed by atoms with Gasteiger partial charge >= 0.3 is 0 Å². The number of sulfonamides is 1. The van der Waals surface area contributed by atoms with Crippen LogP contribution in [0.15, 0.2) is 71.6 Å². The van der Waals surface area contributed by atoms with Crippen LogP contribution in [0.1, 0.15) is 36.0 Å². The molecule has 0 atom stereocenters. The molecule has 0 saturated carbocycles. The zero-order valence-electron chi connectivity index (χ0n) is 20.8. The number of piperidine rings is 1. The van der Waals surface area contributed by atoms with Crippen molar-refractivity contribution >= 4 is 44.8 Å². The topological polar surface area (TPSA) is 69.7 Å². The molecule has 0 radical (unpaired) electrons. The molecule has 0 aliphatic carbocycles. The van der Waals surface area contributed by atoms with Gasteiger partial charge in [-0.3, -0.25) is 14.0 Å². The number of nitrogens with one attached hydrogen (secondary N) is 1. The van der Waals surface area contributed by atoms with E-state index in [4.69, 9.17) is 23.2 Å². The third-order valence-electron chi connectivity index (χ3n) is 6.52. The van der Waals surface area contributed by atoms with Gasteiger partial charge in [-0.15, -0.1) is 0 Å². The molecule has 0 spiro atoms. The molecule has 6 nitrogen and oxygen atoms in total. The fourth-order valence-electron chi connectivity index (χ4n) is 4.42. The number of halogens is 2. The Kier molecular flexibility index (Phi) is 9.13. The van der Waals surface area contributed by atoms with Gasteiger partial charge in [0.05, 0.1) is 20.6 Å². The summed E-state index contributed by atoms with van der Waals surface area (Å²) in [6, 6.07) is 19.1. The van der Waals surface area contributed by atoms with Crippen molar-refractivity contribution in [3.63, 3.8) is 0 Å². The molecule has 3 aromatic rings. The molecule has 1 aliphatic heterocycles. The smallest absolute Gasteiger partial charge is 0.264 e. The molecule has 1 saturated heterocycles. The second kappa shape index (κ2) is 12.3. The highest BCUT2D eigenvalue weighted by molar-refractivity contribution is 7.92. The second-order valence-electron chi connectivity index (χ2n) is 9.31. The van der Waals surface area contributed by atoms with Crippen LogP contribution in [0.4, 0.5) is 5.69 Å². The zero-order chi connectivity index (χ0) is 26.4. The summed E-state index contributed by atoms with van der Waals surface area (Å²) in [5, 5.41) is 3.42. The van der Waals surface area contributed by atoms with Crippen molar-refractivity contribution in [3.8, 4) is 0 Å². The largest absolute Gasteiger partial charge is 0.350 e. The maximum atomic E-state index is 13.6. The predicted octanol–water partition coefficient (Wildman–Crippen LogP) is 5.80. The van der Waals surface area contributed by atoms with Crippen LogP contribution in [-0.4, -0.2) is 38.9 Å². The summed E-state index contributed by atoms with van der Waals surface area (Å²) < 4.78 is 28.2. The van der Waals surface area contributed by atoms with E-state index in [1.807, 2.05) is 25.1 Å². The Hall–Kier alpha value is -2.58. The highest BCUT2D eigenvalue weighted by atomic mass is 35.5. The van der Waals surface area contributed by atoms with E-state index in [1.165, 1.54) is 49.1 Å². The van der Waals surface area contributed by atoms with Crippen LogP contribution in [0, 0.1) is 6.92 Å². The highest BCUT2D eigenvalue weighted by Gasteiger charge is 2.28. The van der Waals surface area contributed by atoms with Gasteiger partial charge in [-0.05, 0) is 74.3 Å². The van der Waals surface area contributed by atoms with Gasteiger partial charge in [0, 0.05) is 13.1 Å². The van der Waals surface area contributed by atoms with Crippen LogP contribution in [0.25, 0.3) is 0 Å². The van der Waals surface area contributed by atoms with Gasteiger partial charge in [0.25, 0.3) is 10.0 Å². The van der Waals surface area contributed by atoms with E-state index in [9.17, 15) is 13.2 Å². The Morgan fingerprint density at radius 3 is 2.27 bits per heavy atom. The molecule has 1 amide bonds. The quantitative estimate of drug-likeness (QED) is 0.359. The Morgan fingerprint density at radius 1 is 0.919 bits per heavy atom. The lowest BCUT2D eigenvalue weighted by Gasteiger charge is -2.27. The molecular formula is C28H31Cl2N3O3S. The van der Waals surface area contributed by atoms with Crippen molar-refractivity contribution in [3.05, 3.63) is 93.5 Å². The van der Waals surface area contributed by atoms with Crippen molar-refractivity contribution in [1.82, 2.24) is 10.2 Å². The van der Waals surface area contributed by atoms with E-state index in [1.54, 1.807) is 18.2 Å². The number of hydrogen-bond acceptors (Lipinski definition) is 4. The molecule has 1 fully saturated rings. The van der Waals surface area contributed by atoms with Crippen LogP contribution in [-0.2, 0) is 27.9 Å². The third-order valence-corrected chi connectivity index (χ3v) is 9.05. The van der Waals surface area contributed by atoms with Gasteiger partial charge in [0.15, 0.2) is 0 Å². The van der Waals surface area contributed by atoms with Crippen molar-refractivity contribution in [2.75, 3.05) is 23.9 Å². The summed E-state index contributed by atoms with van der Waals surface area (Å²) in [5.41, 5.74) is 3.37. The molecule has 0 bridgehead atoms. The van der Waals surface area contributed by atoms with Crippen molar-refractivity contribution in [2.24, 2.45) is 0 Å². The SMILES string of the molecule is Cc1ccc(S(=O)(=O)N(CC(=O)NCc2ccccc2CN2CCCCC2)c2ccc(Cl)c(Cl)c2)cc1. The Morgan fingerprint density at radius 2 is 1.59 bits per heavy atom. The highest BCUT2D eigenvalue weighted by Crippen LogP contribution is 2.30. The van der Waals surface area contributed by atoms with Crippen molar-refractivity contribution in [1.29, 1.82) is 0 Å². The average Bonchev–Trinajstić information content (AvgIpc) is 2.89. The number of aryl methyl sites for hydroxylation is 1. The summed E-state index contributed by atoms with van der Waals surface area (Å²) in [6.07, 6.45) is 3.69. The number of nitrogens with zero attached hydrogens (tertiary/aromatic N) is 2. The lowest BCUT2D eigenvalue weighted by molar-refractivity contribution is -0.119. The minimum Gasteiger partial charge on any atom is -0.350 e. The Labute approximate surface area is 229 Å². The minimum atomic E-state index is -4.04. The fraction of sp³-hybridized carbons (Fsp3) is 0.321. The first kappa shape index (κ1) is 27.5. The first-order valence-electron chi connectivity index (χ1n) is 12.3. The van der Waals surface area contributed by atoms with Crippen LogP contribution in [0.5, 0.6) is 0 Å². The molecule has 9 heteroatoms. The maximum absolute atomic E-state index is 13.6. The summed E-state index contributed by atoms with van der Waals surface area (Å²) in [6.45, 7) is 4.78. The van der Waals surface area contributed by atoms with Gasteiger partial charge in [0.2, 0.25) is 5.91 Å². The van der Waals surface area contributed by atoms with Crippen molar-refractivity contribution < 1.29 is 13.2 Å². The number of benzene rings is 3. The Balaban J connectivity index is 1.52. The fourth-order valence-corrected chi connectivity index (χ4v) is 6.12. The van der Waals surface area contributed by atoms with E-state index in [0.29, 0.717) is 11.6 Å². The molecular weight excluding hydrogens is 529 g/mol. The van der Waals surface area contributed by atoms with Gasteiger partial charge in [0.1, 0.15) is 6.54 Å². The Bertz CT molecular complexity index is 1340. The summed E-state index contributed by atoms with van der Waals surface area (Å²) in [7, 11) is -4.04. The van der Waals surface area contributed by atoms with E-state index in [0.717, 1.165) is 35.1 Å². The minimum absolute atomic E-state index is 0.0869. The third kappa shape index (κ3) is 7.05. The first-order valence-corrected chi connectivity index (χ1v) is 14.5. The second-order valence-corrected chi connectivity index (χ2v) is 12.0. The van der Waals surface area contributed by atoms with Crippen LogP contribution >= 0.6 is 23.2 Å². The van der Waals surface area contributed by atoms with Gasteiger partial charge in [-0.25, -0.2) is 8.42 Å². The normalized spacial score (nSPS) is 14.4. The number of anilines is 1. The monoisotopic (exact) mass is 559 g/mol. The van der Waals surface area contributed by atoms with Gasteiger partial charge < -0.3 is 5.32 Å². The van der Waals surface area contributed by atoms with E-state index in [2.05, 4.69) is 16.3 Å². The van der Waals surface area contributed by atoms with Crippen LogP contribution in [0.3, 0.4) is 0 Å². The van der Waals surface area contributed by atoms with Crippen molar-refractivity contribution in [2.45, 2.75) is 44.2 Å². The maximum Gasteiger partial charge on any atom is 0.264 e. The number of rotatable bonds is 9. The molecule has 196 valence electrons. The summed E-state index contributed by atoms with van der Waals surface area (Å²) in [4.78, 5) is 15.6. The molecule has 37 heavy (non-hydrogen) atoms. The number of carbonyl (C=O) groups is 1. The van der Waals surface area contributed by atoms with E-state index < -0.39 is 22.5 Å². The molecule has 1 heterocycles. The number of hydrogen-bond donors (Lipinski definition) is 1. The molecule has 4 rings (SSSR count). The van der Waals surface area contributed by atoms with Crippen LogP contribution < -0.4 is 9.62 Å². The first-order chi connectivity index (χ1) is 17.7. The van der Waals surface area contributed by atoms with Gasteiger partial charge in [-0.1, -0.05) is 71.6 Å². The summed E-state index contributed by atoms with van der Waals surface area (Å²) in [5.74, 6) is -0.422. The van der Waals surface area contributed by atoms with Gasteiger partial charge in [-0.2, -0.15) is 0 Å². The number of likely N-dealkylation sites (tertiary alicyclic amines) is 1. The van der Waals surface area contributed by atoms with E-state index in [-0.39, 0.29) is 15.6 Å². The molecule has 0 unspecified atom stereocenters. The lowest BCUT2D eigenvalue weighted by atomic mass is 10.0. The number of carbonyl (C=O) groups excluding carboxylic acids is 1. The lowest BCUT2D eigenvalue weighted by Crippen LogP contribution is -2.40. The zero-order valence-corrected chi connectivity index (χ0v) is 23.1. The standard InChI is InChI=1S/C28H31Cl2N3O3S/c1-21-9-12-25(13-10-21)37(35,36)33(24-11-14-26(29)27(30)17-24)20-28(34)31-18-22-7-3-4-8-23(22)19-32-15-5-2-6-16-32/h3-4,7-14,17H,2,5-6,15-16,18-20H2,1H3,(H,31,34).